The summed E-state index contributed by atoms with van der Waals surface area (Å²) in [5.74, 6) is -0.0950. The minimum atomic E-state index is -0.0950. The molecule has 0 heterocycles. The quantitative estimate of drug-likeness (QED) is 0.745. The predicted molar refractivity (Wildman–Crippen MR) is 87.1 cm³/mol. The van der Waals surface area contributed by atoms with Gasteiger partial charge >= 0.3 is 0 Å². The fourth-order valence-electron chi connectivity index (χ4n) is 1.50. The molecule has 0 saturated carbocycles. The highest BCUT2D eigenvalue weighted by Crippen LogP contribution is 2.05. The molecule has 0 saturated heterocycles. The van der Waals surface area contributed by atoms with E-state index in [0.29, 0.717) is 24.4 Å². The largest absolute Gasteiger partial charge is 0.399 e. The van der Waals surface area contributed by atoms with Gasteiger partial charge in [-0.15, -0.1) is 24.8 Å². The lowest BCUT2D eigenvalue weighted by Gasteiger charge is -2.16. The molecule has 1 rings (SSSR count). The molecule has 20 heavy (non-hydrogen) atoms. The fourth-order valence-corrected chi connectivity index (χ4v) is 1.50. The van der Waals surface area contributed by atoms with Crippen LogP contribution in [0.25, 0.3) is 0 Å². The van der Waals surface area contributed by atoms with E-state index in [1.54, 1.807) is 31.4 Å². The van der Waals surface area contributed by atoms with Crippen molar-refractivity contribution in [2.24, 2.45) is 0 Å². The van der Waals surface area contributed by atoms with Crippen molar-refractivity contribution in [2.75, 3.05) is 46.1 Å². The Morgan fingerprint density at radius 2 is 2.05 bits per heavy atom. The number of likely N-dealkylation sites (N-methyl/N-ethyl adjacent to an activating group) is 1. The summed E-state index contributed by atoms with van der Waals surface area (Å²) in [7, 11) is 3.67. The van der Waals surface area contributed by atoms with Gasteiger partial charge in [-0.2, -0.15) is 0 Å². The molecule has 116 valence electrons. The lowest BCUT2D eigenvalue weighted by molar-refractivity contribution is 0.0947. The van der Waals surface area contributed by atoms with E-state index in [-0.39, 0.29) is 30.7 Å². The number of carbonyl (C=O) groups is 1. The normalized spacial score (nSPS) is 9.55. The number of rotatable bonds is 7. The van der Waals surface area contributed by atoms with E-state index < -0.39 is 0 Å². The van der Waals surface area contributed by atoms with E-state index in [1.165, 1.54) is 0 Å². The van der Waals surface area contributed by atoms with Gasteiger partial charge in [-0.3, -0.25) is 4.79 Å². The van der Waals surface area contributed by atoms with Crippen LogP contribution in [0.15, 0.2) is 24.3 Å². The Kier molecular flexibility index (Phi) is 12.5. The number of methoxy groups -OCH3 is 1. The fraction of sp³-hybridized carbons (Fsp3) is 0.462. The molecule has 0 aliphatic rings. The van der Waals surface area contributed by atoms with Gasteiger partial charge in [0.25, 0.3) is 5.91 Å². The van der Waals surface area contributed by atoms with Crippen molar-refractivity contribution in [1.29, 1.82) is 0 Å². The summed E-state index contributed by atoms with van der Waals surface area (Å²) in [6, 6.07) is 6.95. The molecular formula is C13H23Cl2N3O2. The molecule has 0 aliphatic carbocycles. The van der Waals surface area contributed by atoms with Crippen molar-refractivity contribution < 1.29 is 9.53 Å². The van der Waals surface area contributed by atoms with Gasteiger partial charge in [-0.25, -0.2) is 0 Å². The van der Waals surface area contributed by atoms with Gasteiger partial charge in [0.1, 0.15) is 0 Å². The molecule has 0 spiro atoms. The van der Waals surface area contributed by atoms with Crippen LogP contribution >= 0.6 is 24.8 Å². The number of nitrogens with two attached hydrogens (primary N) is 1. The standard InChI is InChI=1S/C13H21N3O2.2ClH/c1-16(8-9-18-2)7-6-15-13(17)11-4-3-5-12(14)10-11;;/h3-5,10H,6-9,14H2,1-2H3,(H,15,17);2*1H. The Morgan fingerprint density at radius 3 is 2.65 bits per heavy atom. The Bertz CT molecular complexity index is 392. The van der Waals surface area contributed by atoms with Gasteiger partial charge in [0.15, 0.2) is 0 Å². The highest BCUT2D eigenvalue weighted by atomic mass is 35.5. The molecule has 1 amide bonds. The summed E-state index contributed by atoms with van der Waals surface area (Å²) >= 11 is 0. The average molecular weight is 324 g/mol. The number of halogens is 2. The molecule has 5 nitrogen and oxygen atoms in total. The second-order valence-corrected chi connectivity index (χ2v) is 4.18. The van der Waals surface area contributed by atoms with Crippen LogP contribution in [-0.2, 0) is 4.74 Å². The smallest absolute Gasteiger partial charge is 0.251 e. The highest BCUT2D eigenvalue weighted by Gasteiger charge is 2.05. The van der Waals surface area contributed by atoms with Crippen molar-refractivity contribution in [2.45, 2.75) is 0 Å². The summed E-state index contributed by atoms with van der Waals surface area (Å²) in [6.45, 7) is 2.94. The first-order valence-electron chi connectivity index (χ1n) is 5.94. The number of nitrogens with zero attached hydrogens (tertiary/aromatic N) is 1. The molecule has 0 atom stereocenters. The van der Waals surface area contributed by atoms with Gasteiger partial charge in [0.05, 0.1) is 6.61 Å². The third kappa shape index (κ3) is 8.22. The van der Waals surface area contributed by atoms with E-state index in [0.717, 1.165) is 13.1 Å². The number of nitrogen functional groups attached to an aromatic ring is 1. The van der Waals surface area contributed by atoms with Crippen molar-refractivity contribution in [3.63, 3.8) is 0 Å². The zero-order chi connectivity index (χ0) is 13.4. The molecule has 1 aromatic carbocycles. The molecule has 0 bridgehead atoms. The van der Waals surface area contributed by atoms with E-state index in [1.807, 2.05) is 7.05 Å². The third-order valence-corrected chi connectivity index (χ3v) is 2.61. The maximum Gasteiger partial charge on any atom is 0.251 e. The zero-order valence-corrected chi connectivity index (χ0v) is 13.4. The molecule has 1 aromatic rings. The van der Waals surface area contributed by atoms with Crippen molar-refractivity contribution in [1.82, 2.24) is 10.2 Å². The summed E-state index contributed by atoms with van der Waals surface area (Å²) in [5, 5.41) is 2.86. The molecule has 0 unspecified atom stereocenters. The van der Waals surface area contributed by atoms with E-state index >= 15 is 0 Å². The Balaban J connectivity index is 0. The van der Waals surface area contributed by atoms with Gasteiger partial charge in [0, 0.05) is 38.0 Å². The van der Waals surface area contributed by atoms with Crippen LogP contribution in [0.2, 0.25) is 0 Å². The summed E-state index contributed by atoms with van der Waals surface area (Å²) < 4.78 is 4.98. The second kappa shape index (κ2) is 11.8. The number of amides is 1. The number of hydrogen-bond donors (Lipinski definition) is 2. The molecule has 7 heteroatoms. The van der Waals surface area contributed by atoms with Crippen LogP contribution < -0.4 is 11.1 Å². The monoisotopic (exact) mass is 323 g/mol. The number of carbonyl (C=O) groups excluding carboxylic acids is 1. The lowest BCUT2D eigenvalue weighted by atomic mass is 10.2. The Morgan fingerprint density at radius 1 is 1.35 bits per heavy atom. The molecule has 3 N–H and O–H groups in total. The van der Waals surface area contributed by atoms with Crippen LogP contribution in [0, 0.1) is 0 Å². The number of hydrogen-bond acceptors (Lipinski definition) is 4. The van der Waals surface area contributed by atoms with Crippen LogP contribution in [0.1, 0.15) is 10.4 Å². The number of anilines is 1. The van der Waals surface area contributed by atoms with E-state index in [4.69, 9.17) is 10.5 Å². The predicted octanol–water partition coefficient (Wildman–Crippen LogP) is 1.42. The lowest BCUT2D eigenvalue weighted by Crippen LogP contribution is -2.34. The molecule has 0 aliphatic heterocycles. The van der Waals surface area contributed by atoms with Gasteiger partial charge in [0.2, 0.25) is 0 Å². The molecule has 0 fully saturated rings. The van der Waals surface area contributed by atoms with E-state index in [9.17, 15) is 4.79 Å². The molecule has 0 radical (unpaired) electrons. The average Bonchev–Trinajstić information content (AvgIpc) is 2.36. The van der Waals surface area contributed by atoms with Gasteiger partial charge in [-0.1, -0.05) is 6.07 Å². The first kappa shape index (κ1) is 21.3. The van der Waals surface area contributed by atoms with Crippen LogP contribution in [-0.4, -0.2) is 51.2 Å². The van der Waals surface area contributed by atoms with Gasteiger partial charge < -0.3 is 20.7 Å². The molecular weight excluding hydrogens is 301 g/mol. The molecule has 0 aromatic heterocycles. The van der Waals surface area contributed by atoms with Gasteiger partial charge in [-0.05, 0) is 25.2 Å². The zero-order valence-electron chi connectivity index (χ0n) is 11.8. The van der Waals surface area contributed by atoms with E-state index in [2.05, 4.69) is 10.2 Å². The minimum Gasteiger partial charge on any atom is -0.399 e. The first-order chi connectivity index (χ1) is 8.63. The maximum absolute atomic E-state index is 11.8. The summed E-state index contributed by atoms with van der Waals surface area (Å²) in [5.41, 5.74) is 6.82. The Hall–Kier alpha value is -1.01. The third-order valence-electron chi connectivity index (χ3n) is 2.61. The maximum atomic E-state index is 11.8. The minimum absolute atomic E-state index is 0. The highest BCUT2D eigenvalue weighted by molar-refractivity contribution is 5.94. The second-order valence-electron chi connectivity index (χ2n) is 4.18. The number of nitrogens with one attached hydrogen (secondary N) is 1. The summed E-state index contributed by atoms with van der Waals surface area (Å²) in [4.78, 5) is 13.9. The Labute approximate surface area is 132 Å². The number of ether oxygens (including phenoxy) is 1. The summed E-state index contributed by atoms with van der Waals surface area (Å²) in [6.07, 6.45) is 0. The van der Waals surface area contributed by atoms with Crippen LogP contribution in [0.5, 0.6) is 0 Å². The van der Waals surface area contributed by atoms with Crippen molar-refractivity contribution >= 4 is 36.4 Å². The number of benzene rings is 1. The SMILES string of the molecule is COCCN(C)CCNC(=O)c1cccc(N)c1.Cl.Cl. The van der Waals surface area contributed by atoms with Crippen molar-refractivity contribution in [3.8, 4) is 0 Å². The van der Waals surface area contributed by atoms with Crippen LogP contribution in [0.4, 0.5) is 5.69 Å². The first-order valence-corrected chi connectivity index (χ1v) is 5.94. The topological polar surface area (TPSA) is 67.6 Å². The van der Waals surface area contributed by atoms with Crippen LogP contribution in [0.3, 0.4) is 0 Å². The van der Waals surface area contributed by atoms with Crippen molar-refractivity contribution in [3.05, 3.63) is 29.8 Å².